The van der Waals surface area contributed by atoms with Crippen molar-refractivity contribution in [2.45, 2.75) is 20.3 Å². The highest BCUT2D eigenvalue weighted by atomic mass is 16.5. The number of carbonyl (C=O) groups excluding carboxylic acids is 3. The molecule has 2 rings (SSSR count). The first-order valence-corrected chi connectivity index (χ1v) is 9.75. The van der Waals surface area contributed by atoms with Crippen LogP contribution in [0, 0.1) is 17.2 Å². The fourth-order valence-corrected chi connectivity index (χ4v) is 2.55. The zero-order valence-corrected chi connectivity index (χ0v) is 17.5. The van der Waals surface area contributed by atoms with E-state index in [1.54, 1.807) is 54.6 Å². The fraction of sp³-hybridized carbons (Fsp3) is 0.250. The summed E-state index contributed by atoms with van der Waals surface area (Å²) in [7, 11) is 0. The molecule has 0 spiro atoms. The molecule has 160 valence electrons. The molecule has 0 heterocycles. The number of Topliss-reactive ketones (excluding diaryl/α,β-unsaturated/α-hetero) is 1. The lowest BCUT2D eigenvalue weighted by Crippen LogP contribution is -2.14. The predicted octanol–water partition coefficient (Wildman–Crippen LogP) is 4.01. The summed E-state index contributed by atoms with van der Waals surface area (Å²) < 4.78 is 10.1. The van der Waals surface area contributed by atoms with Gasteiger partial charge in [-0.25, -0.2) is 4.79 Å². The Bertz CT molecular complexity index is 971. The van der Waals surface area contributed by atoms with Crippen molar-refractivity contribution < 1.29 is 23.9 Å². The Morgan fingerprint density at radius 1 is 1.06 bits per heavy atom. The number of amides is 1. The first kappa shape index (κ1) is 23.4. The molecule has 7 nitrogen and oxygen atoms in total. The van der Waals surface area contributed by atoms with Crippen molar-refractivity contribution in [1.29, 1.82) is 5.26 Å². The van der Waals surface area contributed by atoms with Crippen molar-refractivity contribution in [2.24, 2.45) is 5.92 Å². The number of nitrogens with one attached hydrogen (secondary N) is 1. The summed E-state index contributed by atoms with van der Waals surface area (Å²) in [4.78, 5) is 35.8. The maximum atomic E-state index is 12.2. The summed E-state index contributed by atoms with van der Waals surface area (Å²) in [6.45, 7) is 3.50. The van der Waals surface area contributed by atoms with Gasteiger partial charge in [0.2, 0.25) is 5.91 Å². The number of hydrogen-bond acceptors (Lipinski definition) is 6. The van der Waals surface area contributed by atoms with Gasteiger partial charge in [-0.2, -0.15) is 5.26 Å². The van der Waals surface area contributed by atoms with Gasteiger partial charge in [0.15, 0.2) is 19.0 Å². The molecular formula is C24H24N2O5. The number of benzene rings is 2. The second kappa shape index (κ2) is 11.9. The number of anilines is 1. The minimum Gasteiger partial charge on any atom is -0.479 e. The van der Waals surface area contributed by atoms with E-state index in [4.69, 9.17) is 14.7 Å². The molecule has 0 saturated heterocycles. The number of hydrogen-bond donors (Lipinski definition) is 1. The molecule has 1 N–H and O–H groups in total. The van der Waals surface area contributed by atoms with Gasteiger partial charge in [0.25, 0.3) is 0 Å². The Morgan fingerprint density at radius 2 is 1.74 bits per heavy atom. The molecule has 0 bridgehead atoms. The molecule has 0 radical (unpaired) electrons. The molecule has 0 aromatic heterocycles. The Balaban J connectivity index is 1.81. The third-order valence-corrected chi connectivity index (χ3v) is 4.03. The SMILES string of the molecule is CC(C)CC(=O)Nc1ccc(C(=O)COC(=O)/C=C/c2ccc(OCC#N)cc2)cc1. The largest absolute Gasteiger partial charge is 0.479 e. The molecule has 0 atom stereocenters. The lowest BCUT2D eigenvalue weighted by molar-refractivity contribution is -0.136. The van der Waals surface area contributed by atoms with Gasteiger partial charge in [-0.1, -0.05) is 26.0 Å². The summed E-state index contributed by atoms with van der Waals surface area (Å²) in [5.74, 6) is -0.263. The van der Waals surface area contributed by atoms with Crippen LogP contribution in [0.1, 0.15) is 36.2 Å². The molecule has 31 heavy (non-hydrogen) atoms. The van der Waals surface area contributed by atoms with Gasteiger partial charge < -0.3 is 14.8 Å². The number of nitrogens with zero attached hydrogens (tertiary/aromatic N) is 1. The summed E-state index contributed by atoms with van der Waals surface area (Å²) in [6, 6.07) is 15.1. The molecule has 0 saturated carbocycles. The van der Waals surface area contributed by atoms with Gasteiger partial charge in [0.05, 0.1) is 0 Å². The molecule has 2 aromatic rings. The van der Waals surface area contributed by atoms with E-state index >= 15 is 0 Å². The van der Waals surface area contributed by atoms with E-state index in [1.165, 1.54) is 6.08 Å². The van der Waals surface area contributed by atoms with E-state index < -0.39 is 5.97 Å². The second-order valence-corrected chi connectivity index (χ2v) is 7.10. The number of ether oxygens (including phenoxy) is 2. The van der Waals surface area contributed by atoms with Crippen LogP contribution in [0.2, 0.25) is 0 Å². The smallest absolute Gasteiger partial charge is 0.331 e. The van der Waals surface area contributed by atoms with E-state index in [2.05, 4.69) is 5.32 Å². The molecule has 0 aliphatic carbocycles. The molecule has 0 aliphatic heterocycles. The molecule has 0 aliphatic rings. The van der Waals surface area contributed by atoms with Crippen LogP contribution in [-0.2, 0) is 14.3 Å². The van der Waals surface area contributed by atoms with Gasteiger partial charge in [-0.15, -0.1) is 0 Å². The third-order valence-electron chi connectivity index (χ3n) is 4.03. The highest BCUT2D eigenvalue weighted by molar-refractivity contribution is 5.99. The third kappa shape index (κ3) is 8.54. The van der Waals surface area contributed by atoms with E-state index in [0.29, 0.717) is 23.4 Å². The Hall–Kier alpha value is -3.92. The van der Waals surface area contributed by atoms with Crippen LogP contribution in [0.15, 0.2) is 54.6 Å². The molecule has 0 fully saturated rings. The summed E-state index contributed by atoms with van der Waals surface area (Å²) in [6.07, 6.45) is 3.20. The summed E-state index contributed by atoms with van der Waals surface area (Å²) in [5, 5.41) is 11.3. The van der Waals surface area contributed by atoms with Crippen molar-refractivity contribution in [3.05, 3.63) is 65.7 Å². The van der Waals surface area contributed by atoms with E-state index in [9.17, 15) is 14.4 Å². The standard InChI is InChI=1S/C24H24N2O5/c1-17(2)15-23(28)26-20-8-6-19(7-9-20)22(27)16-31-24(29)12-5-18-3-10-21(11-4-18)30-14-13-25/h3-12,17H,14-16H2,1-2H3,(H,26,28)/b12-5+. The number of carbonyl (C=O) groups is 3. The van der Waals surface area contributed by atoms with Crippen LogP contribution >= 0.6 is 0 Å². The zero-order chi connectivity index (χ0) is 22.6. The van der Waals surface area contributed by atoms with Gasteiger partial charge in [-0.3, -0.25) is 9.59 Å². The second-order valence-electron chi connectivity index (χ2n) is 7.10. The maximum absolute atomic E-state index is 12.2. The monoisotopic (exact) mass is 420 g/mol. The fourth-order valence-electron chi connectivity index (χ4n) is 2.55. The highest BCUT2D eigenvalue weighted by Crippen LogP contribution is 2.14. The quantitative estimate of drug-likeness (QED) is 0.354. The van der Waals surface area contributed by atoms with Crippen molar-refractivity contribution in [1.82, 2.24) is 0 Å². The van der Waals surface area contributed by atoms with Gasteiger partial charge in [-0.05, 0) is 54.0 Å². The van der Waals surface area contributed by atoms with Crippen LogP contribution in [0.25, 0.3) is 6.08 Å². The molecule has 2 aromatic carbocycles. The van der Waals surface area contributed by atoms with E-state index in [1.807, 2.05) is 19.9 Å². The van der Waals surface area contributed by atoms with E-state index in [0.717, 1.165) is 5.56 Å². The van der Waals surface area contributed by atoms with Crippen LogP contribution in [0.4, 0.5) is 5.69 Å². The number of nitriles is 1. The highest BCUT2D eigenvalue weighted by Gasteiger charge is 2.10. The van der Waals surface area contributed by atoms with E-state index in [-0.39, 0.29) is 30.8 Å². The van der Waals surface area contributed by atoms with Crippen LogP contribution in [0.5, 0.6) is 5.75 Å². The van der Waals surface area contributed by atoms with Crippen molar-refractivity contribution >= 4 is 29.4 Å². The molecular weight excluding hydrogens is 396 g/mol. The Kier molecular flexibility index (Phi) is 8.99. The summed E-state index contributed by atoms with van der Waals surface area (Å²) in [5.41, 5.74) is 1.72. The first-order chi connectivity index (χ1) is 14.9. The number of esters is 1. The van der Waals surface area contributed by atoms with Crippen LogP contribution in [0.3, 0.4) is 0 Å². The van der Waals surface area contributed by atoms with Crippen molar-refractivity contribution in [2.75, 3.05) is 18.5 Å². The lowest BCUT2D eigenvalue weighted by atomic mass is 10.1. The molecule has 0 unspecified atom stereocenters. The lowest BCUT2D eigenvalue weighted by Gasteiger charge is -2.08. The number of rotatable bonds is 10. The minimum absolute atomic E-state index is 0.0367. The van der Waals surface area contributed by atoms with Crippen LogP contribution in [-0.4, -0.2) is 30.9 Å². The van der Waals surface area contributed by atoms with Gasteiger partial charge in [0.1, 0.15) is 11.8 Å². The van der Waals surface area contributed by atoms with Crippen LogP contribution < -0.4 is 10.1 Å². The maximum Gasteiger partial charge on any atom is 0.331 e. The average molecular weight is 420 g/mol. The van der Waals surface area contributed by atoms with Crippen molar-refractivity contribution in [3.63, 3.8) is 0 Å². The van der Waals surface area contributed by atoms with Gasteiger partial charge in [0, 0.05) is 23.7 Å². The summed E-state index contributed by atoms with van der Waals surface area (Å²) >= 11 is 0. The number of ketones is 1. The minimum atomic E-state index is -0.643. The predicted molar refractivity (Wildman–Crippen MR) is 116 cm³/mol. The van der Waals surface area contributed by atoms with Gasteiger partial charge >= 0.3 is 5.97 Å². The topological polar surface area (TPSA) is 105 Å². The average Bonchev–Trinajstić information content (AvgIpc) is 2.75. The first-order valence-electron chi connectivity index (χ1n) is 9.75. The molecule has 1 amide bonds. The Labute approximate surface area is 181 Å². The molecule has 7 heteroatoms. The zero-order valence-electron chi connectivity index (χ0n) is 17.5. The van der Waals surface area contributed by atoms with Crippen molar-refractivity contribution in [3.8, 4) is 11.8 Å². The normalized spacial score (nSPS) is 10.5. The Morgan fingerprint density at radius 3 is 2.35 bits per heavy atom.